The molecule has 0 fully saturated rings. The van der Waals surface area contributed by atoms with Crippen molar-refractivity contribution in [3.63, 3.8) is 0 Å². The van der Waals surface area contributed by atoms with Gasteiger partial charge in [0.15, 0.2) is 23.1 Å². The van der Waals surface area contributed by atoms with E-state index < -0.39 is 11.6 Å². The number of rotatable bonds is 8. The molecule has 0 atom stereocenters. The molecule has 3 aromatic rings. The molecule has 2 aromatic carbocycles. The van der Waals surface area contributed by atoms with E-state index in [1.54, 1.807) is 48.5 Å². The van der Waals surface area contributed by atoms with Crippen LogP contribution in [0.25, 0.3) is 0 Å². The fourth-order valence-corrected chi connectivity index (χ4v) is 2.90. The van der Waals surface area contributed by atoms with Crippen molar-refractivity contribution in [1.82, 2.24) is 4.98 Å². The molecule has 0 bridgehead atoms. The number of nitrogens with zero attached hydrogens (tertiary/aromatic N) is 1. The first-order chi connectivity index (χ1) is 14.3. The molecule has 5 heteroatoms. The molecule has 5 nitrogen and oxygen atoms in total. The second-order valence-corrected chi connectivity index (χ2v) is 7.19. The number of ketones is 4. The predicted octanol–water partition coefficient (Wildman–Crippen LogP) is 4.61. The zero-order valence-corrected chi connectivity index (χ0v) is 16.8. The average Bonchev–Trinajstić information content (AvgIpc) is 2.74. The van der Waals surface area contributed by atoms with Crippen molar-refractivity contribution in [2.24, 2.45) is 0 Å². The zero-order chi connectivity index (χ0) is 21.7. The van der Waals surface area contributed by atoms with Gasteiger partial charge in [-0.1, -0.05) is 65.7 Å². The minimum atomic E-state index is -0.472. The fraction of sp³-hybridized carbons (Fsp3) is 0.160. The average molecular weight is 399 g/mol. The molecular weight excluding hydrogens is 378 g/mol. The Morgan fingerprint density at radius 2 is 0.933 bits per heavy atom. The number of pyridine rings is 1. The highest BCUT2D eigenvalue weighted by Gasteiger charge is 2.19. The minimum absolute atomic E-state index is 0.0316. The standard InChI is InChI=1S/C25H21NO4/c1-16-6-10-18(11-7-16)22(27)14-24(29)20-4-3-5-21(26-20)25(30)15-23(28)19-12-8-17(2)9-13-19/h3-13H,14-15H2,1-2H3. The van der Waals surface area contributed by atoms with Crippen molar-refractivity contribution in [2.45, 2.75) is 26.7 Å². The maximum absolute atomic E-state index is 12.5. The Labute approximate surface area is 174 Å². The molecule has 0 aliphatic heterocycles. The molecule has 1 heterocycles. The molecule has 150 valence electrons. The van der Waals surface area contributed by atoms with Crippen LogP contribution in [-0.4, -0.2) is 28.1 Å². The number of carbonyl (C=O) groups excluding carboxylic acids is 4. The van der Waals surface area contributed by atoms with Gasteiger partial charge >= 0.3 is 0 Å². The van der Waals surface area contributed by atoms with Crippen LogP contribution in [0, 0.1) is 13.8 Å². The van der Waals surface area contributed by atoms with Gasteiger partial charge in [-0.05, 0) is 26.0 Å². The number of carbonyl (C=O) groups is 4. The smallest absolute Gasteiger partial charge is 0.188 e. The van der Waals surface area contributed by atoms with E-state index in [1.807, 2.05) is 13.8 Å². The van der Waals surface area contributed by atoms with E-state index in [4.69, 9.17) is 0 Å². The first-order valence-electron chi connectivity index (χ1n) is 9.56. The summed E-state index contributed by atoms with van der Waals surface area (Å²) in [7, 11) is 0. The van der Waals surface area contributed by atoms with E-state index in [1.165, 1.54) is 18.2 Å². The summed E-state index contributed by atoms with van der Waals surface area (Å²) >= 11 is 0. The number of benzene rings is 2. The lowest BCUT2D eigenvalue weighted by Gasteiger charge is -2.05. The van der Waals surface area contributed by atoms with Crippen molar-refractivity contribution in [3.05, 3.63) is 100 Å². The van der Waals surface area contributed by atoms with Crippen LogP contribution < -0.4 is 0 Å². The van der Waals surface area contributed by atoms with Crippen molar-refractivity contribution < 1.29 is 19.2 Å². The second-order valence-electron chi connectivity index (χ2n) is 7.19. The van der Waals surface area contributed by atoms with Gasteiger partial charge in [-0.2, -0.15) is 0 Å². The lowest BCUT2D eigenvalue weighted by molar-refractivity contribution is 0.0882. The molecule has 0 radical (unpaired) electrons. The van der Waals surface area contributed by atoms with E-state index in [9.17, 15) is 19.2 Å². The third kappa shape index (κ3) is 5.20. The molecule has 0 aliphatic carbocycles. The lowest BCUT2D eigenvalue weighted by atomic mass is 10.0. The molecular formula is C25H21NO4. The molecule has 0 amide bonds. The quantitative estimate of drug-likeness (QED) is 0.408. The van der Waals surface area contributed by atoms with Crippen LogP contribution in [0.1, 0.15) is 65.7 Å². The molecule has 0 saturated carbocycles. The number of hydrogen-bond acceptors (Lipinski definition) is 5. The van der Waals surface area contributed by atoms with Gasteiger partial charge < -0.3 is 0 Å². The predicted molar refractivity (Wildman–Crippen MR) is 113 cm³/mol. The first-order valence-corrected chi connectivity index (χ1v) is 9.56. The Morgan fingerprint density at radius 3 is 1.30 bits per heavy atom. The number of aromatic nitrogens is 1. The van der Waals surface area contributed by atoms with Gasteiger partial charge in [-0.15, -0.1) is 0 Å². The van der Waals surface area contributed by atoms with Gasteiger partial charge in [-0.25, -0.2) is 4.98 Å². The SMILES string of the molecule is Cc1ccc(C(=O)CC(=O)c2cccc(C(=O)CC(=O)c3ccc(C)cc3)n2)cc1. The molecule has 0 unspecified atom stereocenters. The summed E-state index contributed by atoms with van der Waals surface area (Å²) in [5.74, 6) is -1.57. The highest BCUT2D eigenvalue weighted by atomic mass is 16.2. The third-order valence-electron chi connectivity index (χ3n) is 4.71. The van der Waals surface area contributed by atoms with E-state index in [-0.39, 0.29) is 35.8 Å². The van der Waals surface area contributed by atoms with Crippen molar-refractivity contribution >= 4 is 23.1 Å². The van der Waals surface area contributed by atoms with Gasteiger partial charge in [0.25, 0.3) is 0 Å². The van der Waals surface area contributed by atoms with Crippen LogP contribution >= 0.6 is 0 Å². The summed E-state index contributed by atoms with van der Waals surface area (Å²) in [5, 5.41) is 0. The largest absolute Gasteiger partial charge is 0.294 e. The summed E-state index contributed by atoms with van der Waals surface area (Å²) in [6.45, 7) is 3.82. The Bertz CT molecular complexity index is 1030. The highest BCUT2D eigenvalue weighted by Crippen LogP contribution is 2.12. The summed E-state index contributed by atoms with van der Waals surface area (Å²) in [5.41, 5.74) is 3.00. The molecule has 0 saturated heterocycles. The van der Waals surface area contributed by atoms with E-state index in [0.717, 1.165) is 11.1 Å². The Hall–Kier alpha value is -3.73. The van der Waals surface area contributed by atoms with Crippen LogP contribution in [0.4, 0.5) is 0 Å². The van der Waals surface area contributed by atoms with Crippen molar-refractivity contribution in [1.29, 1.82) is 0 Å². The fourth-order valence-electron chi connectivity index (χ4n) is 2.90. The first kappa shape index (κ1) is 21.0. The molecule has 1 aromatic heterocycles. The molecule has 0 N–H and O–H groups in total. The summed E-state index contributed by atoms with van der Waals surface area (Å²) in [6.07, 6.45) is -0.675. The maximum Gasteiger partial charge on any atom is 0.188 e. The summed E-state index contributed by atoms with van der Waals surface area (Å²) in [6, 6.07) is 18.4. The van der Waals surface area contributed by atoms with Crippen LogP contribution in [0.2, 0.25) is 0 Å². The van der Waals surface area contributed by atoms with E-state index in [0.29, 0.717) is 11.1 Å². The normalized spacial score (nSPS) is 10.5. The summed E-state index contributed by atoms with van der Waals surface area (Å²) in [4.78, 5) is 53.7. The Kier molecular flexibility index (Phi) is 6.42. The zero-order valence-electron chi connectivity index (χ0n) is 16.8. The van der Waals surface area contributed by atoms with Gasteiger partial charge in [0.2, 0.25) is 0 Å². The minimum Gasteiger partial charge on any atom is -0.294 e. The maximum atomic E-state index is 12.5. The Morgan fingerprint density at radius 1 is 0.567 bits per heavy atom. The van der Waals surface area contributed by atoms with Crippen LogP contribution in [0.3, 0.4) is 0 Å². The monoisotopic (exact) mass is 399 g/mol. The van der Waals surface area contributed by atoms with Crippen molar-refractivity contribution in [3.8, 4) is 0 Å². The van der Waals surface area contributed by atoms with Gasteiger partial charge in [0, 0.05) is 11.1 Å². The topological polar surface area (TPSA) is 81.2 Å². The molecule has 0 aliphatic rings. The van der Waals surface area contributed by atoms with Crippen LogP contribution in [0.5, 0.6) is 0 Å². The van der Waals surface area contributed by atoms with Crippen LogP contribution in [0.15, 0.2) is 66.7 Å². The third-order valence-corrected chi connectivity index (χ3v) is 4.71. The lowest BCUT2D eigenvalue weighted by Crippen LogP contribution is -2.14. The number of Topliss-reactive ketones (excluding diaryl/α,β-unsaturated/α-hetero) is 4. The van der Waals surface area contributed by atoms with Gasteiger partial charge in [0.05, 0.1) is 12.8 Å². The van der Waals surface area contributed by atoms with Crippen molar-refractivity contribution in [2.75, 3.05) is 0 Å². The van der Waals surface area contributed by atoms with Gasteiger partial charge in [0.1, 0.15) is 11.4 Å². The summed E-state index contributed by atoms with van der Waals surface area (Å²) < 4.78 is 0. The molecule has 3 rings (SSSR count). The molecule has 0 spiro atoms. The Balaban J connectivity index is 1.68. The van der Waals surface area contributed by atoms with E-state index in [2.05, 4.69) is 4.98 Å². The number of hydrogen-bond donors (Lipinski definition) is 0. The molecule has 30 heavy (non-hydrogen) atoms. The highest BCUT2D eigenvalue weighted by molar-refractivity contribution is 6.14. The van der Waals surface area contributed by atoms with Gasteiger partial charge in [-0.3, -0.25) is 19.2 Å². The van der Waals surface area contributed by atoms with E-state index >= 15 is 0 Å². The second kappa shape index (κ2) is 9.18. The van der Waals surface area contributed by atoms with Crippen LogP contribution in [-0.2, 0) is 0 Å². The number of aryl methyl sites for hydroxylation is 2.